The summed E-state index contributed by atoms with van der Waals surface area (Å²) in [5, 5.41) is 14.7. The van der Waals surface area contributed by atoms with Crippen LogP contribution < -0.4 is 15.4 Å². The number of amides is 2. The molecule has 0 aliphatic heterocycles. The summed E-state index contributed by atoms with van der Waals surface area (Å²) in [6, 6.07) is 15.0. The summed E-state index contributed by atoms with van der Waals surface area (Å²) in [5.41, 5.74) is 1.80. The highest BCUT2D eigenvalue weighted by Crippen LogP contribution is 2.16. The topological polar surface area (TPSA) is 105 Å². The number of carbonyl (C=O) groups is 3. The molecule has 0 bridgehead atoms. The quantitative estimate of drug-likeness (QED) is 0.512. The van der Waals surface area contributed by atoms with Gasteiger partial charge in [0.15, 0.2) is 0 Å². The zero-order valence-electron chi connectivity index (χ0n) is 18.1. The maximum absolute atomic E-state index is 12.6. The molecule has 7 nitrogen and oxygen atoms in total. The Kier molecular flexibility index (Phi) is 9.06. The van der Waals surface area contributed by atoms with Crippen LogP contribution in [0.2, 0.25) is 0 Å². The molecule has 0 radical (unpaired) electrons. The number of nitrogens with one attached hydrogen (secondary N) is 2. The minimum Gasteiger partial charge on any atom is -0.489 e. The van der Waals surface area contributed by atoms with E-state index in [0.29, 0.717) is 18.8 Å². The lowest BCUT2D eigenvalue weighted by molar-refractivity contribution is -0.142. The van der Waals surface area contributed by atoms with Crippen LogP contribution in [0.1, 0.15) is 38.3 Å². The highest BCUT2D eigenvalue weighted by atomic mass is 16.5. The molecule has 7 heteroatoms. The molecule has 31 heavy (non-hydrogen) atoms. The van der Waals surface area contributed by atoms with Gasteiger partial charge in [-0.2, -0.15) is 0 Å². The molecule has 166 valence electrons. The van der Waals surface area contributed by atoms with E-state index in [2.05, 4.69) is 10.6 Å². The fourth-order valence-electron chi connectivity index (χ4n) is 3.12. The van der Waals surface area contributed by atoms with Crippen molar-refractivity contribution in [3.63, 3.8) is 0 Å². The molecule has 2 aromatic carbocycles. The van der Waals surface area contributed by atoms with Crippen LogP contribution in [0.4, 0.5) is 0 Å². The van der Waals surface area contributed by atoms with Gasteiger partial charge in [0.1, 0.15) is 24.4 Å². The first-order valence-corrected chi connectivity index (χ1v) is 10.3. The molecule has 0 aromatic heterocycles. The lowest BCUT2D eigenvalue weighted by atomic mass is 10.0. The van der Waals surface area contributed by atoms with Gasteiger partial charge >= 0.3 is 5.97 Å². The highest BCUT2D eigenvalue weighted by molar-refractivity contribution is 5.90. The molecule has 2 amide bonds. The maximum Gasteiger partial charge on any atom is 0.326 e. The van der Waals surface area contributed by atoms with Crippen LogP contribution in [0.3, 0.4) is 0 Å². The third kappa shape index (κ3) is 8.50. The number of carbonyl (C=O) groups excluding carboxylic acids is 2. The largest absolute Gasteiger partial charge is 0.489 e. The molecule has 0 unspecified atom stereocenters. The molecule has 0 heterocycles. The van der Waals surface area contributed by atoms with Gasteiger partial charge in [-0.05, 0) is 35.6 Å². The smallest absolute Gasteiger partial charge is 0.326 e. The summed E-state index contributed by atoms with van der Waals surface area (Å²) in [5.74, 6) is -1.14. The van der Waals surface area contributed by atoms with E-state index < -0.39 is 24.0 Å². The summed E-state index contributed by atoms with van der Waals surface area (Å²) in [7, 11) is 0. The molecule has 0 saturated carbocycles. The van der Waals surface area contributed by atoms with Gasteiger partial charge in [0.25, 0.3) is 0 Å². The van der Waals surface area contributed by atoms with Gasteiger partial charge in [-0.25, -0.2) is 4.79 Å². The first kappa shape index (κ1) is 23.9. The Morgan fingerprint density at radius 2 is 1.55 bits per heavy atom. The average molecular weight is 427 g/mol. The second-order valence-corrected chi connectivity index (χ2v) is 7.90. The third-order valence-corrected chi connectivity index (χ3v) is 4.63. The van der Waals surface area contributed by atoms with E-state index in [-0.39, 0.29) is 18.2 Å². The Bertz CT molecular complexity index is 865. The van der Waals surface area contributed by atoms with Crippen molar-refractivity contribution >= 4 is 17.8 Å². The summed E-state index contributed by atoms with van der Waals surface area (Å²) < 4.78 is 5.74. The maximum atomic E-state index is 12.6. The van der Waals surface area contributed by atoms with E-state index in [9.17, 15) is 19.5 Å². The van der Waals surface area contributed by atoms with E-state index in [1.54, 1.807) is 24.3 Å². The normalized spacial score (nSPS) is 12.6. The molecular formula is C24H30N2O5. The van der Waals surface area contributed by atoms with Gasteiger partial charge in [0, 0.05) is 13.3 Å². The number of carboxylic acids is 1. The van der Waals surface area contributed by atoms with Gasteiger partial charge in [0.05, 0.1) is 0 Å². The third-order valence-electron chi connectivity index (χ3n) is 4.63. The van der Waals surface area contributed by atoms with Crippen LogP contribution in [0, 0.1) is 5.92 Å². The average Bonchev–Trinajstić information content (AvgIpc) is 2.72. The molecule has 0 aliphatic rings. The van der Waals surface area contributed by atoms with Crippen LogP contribution >= 0.6 is 0 Å². The van der Waals surface area contributed by atoms with Crippen molar-refractivity contribution in [1.82, 2.24) is 10.6 Å². The summed E-state index contributed by atoms with van der Waals surface area (Å²) in [6.07, 6.45) is 0.541. The first-order valence-electron chi connectivity index (χ1n) is 10.3. The van der Waals surface area contributed by atoms with E-state index in [1.165, 1.54) is 6.92 Å². The molecule has 2 aromatic rings. The fourth-order valence-corrected chi connectivity index (χ4v) is 3.12. The lowest BCUT2D eigenvalue weighted by Gasteiger charge is -2.22. The Morgan fingerprint density at radius 1 is 0.903 bits per heavy atom. The van der Waals surface area contributed by atoms with Crippen molar-refractivity contribution in [2.75, 3.05) is 0 Å². The Morgan fingerprint density at radius 3 is 2.10 bits per heavy atom. The Balaban J connectivity index is 1.97. The Labute approximate surface area is 182 Å². The fraction of sp³-hybridized carbons (Fsp3) is 0.375. The predicted octanol–water partition coefficient (Wildman–Crippen LogP) is 2.93. The number of aliphatic carboxylic acids is 1. The van der Waals surface area contributed by atoms with E-state index in [0.717, 1.165) is 11.1 Å². The monoisotopic (exact) mass is 426 g/mol. The number of rotatable bonds is 11. The van der Waals surface area contributed by atoms with E-state index in [1.807, 2.05) is 44.2 Å². The second-order valence-electron chi connectivity index (χ2n) is 7.90. The molecule has 2 atom stereocenters. The lowest BCUT2D eigenvalue weighted by Crippen LogP contribution is -2.52. The molecule has 3 N–H and O–H groups in total. The zero-order chi connectivity index (χ0) is 22.8. The predicted molar refractivity (Wildman–Crippen MR) is 118 cm³/mol. The number of ether oxygens (including phenoxy) is 1. The number of carboxylic acid groups (broad SMARTS) is 1. The van der Waals surface area contributed by atoms with E-state index in [4.69, 9.17) is 4.74 Å². The van der Waals surface area contributed by atoms with Crippen LogP contribution in [-0.4, -0.2) is 35.0 Å². The standard InChI is InChI=1S/C24H30N2O5/c1-16(2)13-21(25-17(3)27)23(28)26-22(24(29)30)14-18-9-11-20(12-10-18)31-15-19-7-5-4-6-8-19/h4-12,16,21-22H,13-15H2,1-3H3,(H,25,27)(H,26,28)(H,29,30)/t21-,22-/m0/s1. The molecule has 2 rings (SSSR count). The van der Waals surface area contributed by atoms with Crippen LogP contribution in [0.25, 0.3) is 0 Å². The van der Waals surface area contributed by atoms with Crippen LogP contribution in [0.5, 0.6) is 5.75 Å². The molecule has 0 fully saturated rings. The zero-order valence-corrected chi connectivity index (χ0v) is 18.1. The van der Waals surface area contributed by atoms with Gasteiger partial charge in [-0.15, -0.1) is 0 Å². The van der Waals surface area contributed by atoms with Gasteiger partial charge in [-0.1, -0.05) is 56.3 Å². The van der Waals surface area contributed by atoms with Gasteiger partial charge in [0.2, 0.25) is 11.8 Å². The van der Waals surface area contributed by atoms with E-state index >= 15 is 0 Å². The van der Waals surface area contributed by atoms with Gasteiger partial charge < -0.3 is 20.5 Å². The molecule has 0 aliphatic carbocycles. The van der Waals surface area contributed by atoms with Crippen LogP contribution in [-0.2, 0) is 27.4 Å². The SMILES string of the molecule is CC(=O)N[C@@H](CC(C)C)C(=O)N[C@@H](Cc1ccc(OCc2ccccc2)cc1)C(=O)O. The van der Waals surface area contributed by atoms with Crippen molar-refractivity contribution < 1.29 is 24.2 Å². The number of hydrogen-bond donors (Lipinski definition) is 3. The van der Waals surface area contributed by atoms with Crippen molar-refractivity contribution in [3.05, 3.63) is 65.7 Å². The Hall–Kier alpha value is -3.35. The first-order chi connectivity index (χ1) is 14.7. The van der Waals surface area contributed by atoms with Gasteiger partial charge in [-0.3, -0.25) is 9.59 Å². The second kappa shape index (κ2) is 11.7. The minimum atomic E-state index is -1.14. The molecule has 0 saturated heterocycles. The van der Waals surface area contributed by atoms with Crippen molar-refractivity contribution in [3.8, 4) is 5.75 Å². The van der Waals surface area contributed by atoms with Crippen molar-refractivity contribution in [1.29, 1.82) is 0 Å². The molecule has 0 spiro atoms. The summed E-state index contributed by atoms with van der Waals surface area (Å²) in [4.78, 5) is 35.7. The number of benzene rings is 2. The summed E-state index contributed by atoms with van der Waals surface area (Å²) >= 11 is 0. The minimum absolute atomic E-state index is 0.120. The number of hydrogen-bond acceptors (Lipinski definition) is 4. The van der Waals surface area contributed by atoms with Crippen molar-refractivity contribution in [2.24, 2.45) is 5.92 Å². The van der Waals surface area contributed by atoms with Crippen molar-refractivity contribution in [2.45, 2.75) is 52.3 Å². The highest BCUT2D eigenvalue weighted by Gasteiger charge is 2.26. The summed E-state index contributed by atoms with van der Waals surface area (Å²) in [6.45, 7) is 5.63. The molecular weight excluding hydrogens is 396 g/mol. The van der Waals surface area contributed by atoms with Crippen LogP contribution in [0.15, 0.2) is 54.6 Å².